The largest absolute Gasteiger partial charge is 0.444 e. The monoisotopic (exact) mass is 706 g/mol. The highest BCUT2D eigenvalue weighted by atomic mass is 32.1. The third kappa shape index (κ3) is 14.0. The average molecular weight is 707 g/mol. The second kappa shape index (κ2) is 19.0. The Morgan fingerprint density at radius 1 is 0.796 bits per heavy atom. The third-order valence-electron chi connectivity index (χ3n) is 7.53. The maximum absolute atomic E-state index is 13.9. The molecule has 2 heterocycles. The summed E-state index contributed by atoms with van der Waals surface area (Å²) < 4.78 is 11.5. The van der Waals surface area contributed by atoms with Crippen molar-refractivity contribution in [1.29, 1.82) is 0 Å². The van der Waals surface area contributed by atoms with Gasteiger partial charge in [0.05, 0.1) is 34.7 Å². The molecule has 4 rings (SSSR count). The number of urea groups is 1. The Balaban J connectivity index is 1.47. The lowest BCUT2D eigenvalue weighted by molar-refractivity contribution is -0.126. The van der Waals surface area contributed by atoms with Crippen molar-refractivity contribution in [3.05, 3.63) is 105 Å². The molecule has 3 N–H and O–H groups in total. The van der Waals surface area contributed by atoms with E-state index in [0.717, 1.165) is 20.9 Å². The van der Waals surface area contributed by atoms with Crippen molar-refractivity contribution < 1.29 is 23.9 Å². The molecule has 0 aliphatic rings. The number of carbonyl (C=O) groups is 3. The fraction of sp³-hybridized carbons (Fsp3) is 0.417. The lowest BCUT2D eigenvalue weighted by atomic mass is 9.96. The molecule has 13 heteroatoms. The van der Waals surface area contributed by atoms with Crippen LogP contribution in [0.25, 0.3) is 0 Å². The zero-order valence-corrected chi connectivity index (χ0v) is 30.1. The molecule has 49 heavy (non-hydrogen) atoms. The van der Waals surface area contributed by atoms with Gasteiger partial charge >= 0.3 is 12.1 Å². The molecule has 4 amide bonds. The van der Waals surface area contributed by atoms with E-state index in [0.29, 0.717) is 32.2 Å². The molecule has 0 unspecified atom stereocenters. The van der Waals surface area contributed by atoms with Crippen molar-refractivity contribution in [1.82, 2.24) is 30.8 Å². The van der Waals surface area contributed by atoms with Gasteiger partial charge in [-0.2, -0.15) is 0 Å². The predicted molar refractivity (Wildman–Crippen MR) is 192 cm³/mol. The Bertz CT molecular complexity index is 1550. The lowest BCUT2D eigenvalue weighted by Gasteiger charge is -2.29. The highest BCUT2D eigenvalue weighted by Gasteiger charge is 2.28. The van der Waals surface area contributed by atoms with Gasteiger partial charge in [0.1, 0.15) is 12.6 Å². The van der Waals surface area contributed by atoms with Gasteiger partial charge in [-0.1, -0.05) is 60.7 Å². The van der Waals surface area contributed by atoms with Crippen LogP contribution in [0, 0.1) is 0 Å². The van der Waals surface area contributed by atoms with Crippen LogP contribution in [0.4, 0.5) is 9.59 Å². The molecule has 262 valence electrons. The summed E-state index contributed by atoms with van der Waals surface area (Å²) in [6, 6.07) is 18.0. The van der Waals surface area contributed by atoms with E-state index in [-0.39, 0.29) is 31.2 Å². The van der Waals surface area contributed by atoms with Crippen molar-refractivity contribution >= 4 is 40.7 Å². The molecule has 4 aromatic rings. The molecule has 0 aliphatic heterocycles. The van der Waals surface area contributed by atoms with Gasteiger partial charge in [0.2, 0.25) is 5.91 Å². The number of amides is 4. The molecule has 2 aromatic heterocycles. The summed E-state index contributed by atoms with van der Waals surface area (Å²) in [5, 5.41) is 9.12. The van der Waals surface area contributed by atoms with Crippen molar-refractivity contribution in [2.24, 2.45) is 0 Å². The van der Waals surface area contributed by atoms with Crippen LogP contribution in [0.1, 0.15) is 54.5 Å². The summed E-state index contributed by atoms with van der Waals surface area (Å²) in [6.45, 7) is 6.21. The van der Waals surface area contributed by atoms with E-state index in [1.54, 1.807) is 30.5 Å². The minimum absolute atomic E-state index is 0.00266. The number of rotatable bonds is 17. The van der Waals surface area contributed by atoms with Crippen LogP contribution < -0.4 is 16.0 Å². The van der Waals surface area contributed by atoms with Crippen LogP contribution in [-0.4, -0.2) is 70.3 Å². The molecule has 0 saturated heterocycles. The van der Waals surface area contributed by atoms with E-state index >= 15 is 0 Å². The summed E-state index contributed by atoms with van der Waals surface area (Å²) in [7, 11) is 1.68. The first-order chi connectivity index (χ1) is 23.5. The Morgan fingerprint density at radius 3 is 1.88 bits per heavy atom. The van der Waals surface area contributed by atoms with Gasteiger partial charge in [-0.3, -0.25) is 14.8 Å². The van der Waals surface area contributed by atoms with Crippen LogP contribution in [0.5, 0.6) is 0 Å². The molecule has 2 aromatic carbocycles. The molecular formula is C36H46N6O5S2. The minimum Gasteiger partial charge on any atom is -0.444 e. The van der Waals surface area contributed by atoms with Gasteiger partial charge in [0.25, 0.3) is 0 Å². The maximum atomic E-state index is 13.9. The zero-order chi connectivity index (χ0) is 35.1. The minimum atomic E-state index is -0.936. The van der Waals surface area contributed by atoms with Crippen LogP contribution in [-0.2, 0) is 40.3 Å². The SMILES string of the molecule is CN(Cc1cncs1)C(=O)N[C@@H](COC(C)(C)C)C(=O)N[C@H](CC[C@H](Cc1ccccc1)NC(=O)OCc1cncs1)Cc1ccccc1. The number of hydrogen-bond donors (Lipinski definition) is 3. The van der Waals surface area contributed by atoms with Gasteiger partial charge in [0, 0.05) is 36.4 Å². The molecule has 3 atom stereocenters. The van der Waals surface area contributed by atoms with E-state index in [4.69, 9.17) is 9.47 Å². The first kappa shape index (κ1) is 37.5. The van der Waals surface area contributed by atoms with Gasteiger partial charge in [0.15, 0.2) is 0 Å². The number of nitrogens with zero attached hydrogens (tertiary/aromatic N) is 3. The number of alkyl carbamates (subject to hydrolysis) is 1. The summed E-state index contributed by atoms with van der Waals surface area (Å²) in [5.41, 5.74) is 5.02. The number of nitrogens with one attached hydrogen (secondary N) is 3. The molecule has 0 fully saturated rings. The predicted octanol–water partition coefficient (Wildman–Crippen LogP) is 5.97. The van der Waals surface area contributed by atoms with E-state index in [1.165, 1.54) is 27.6 Å². The summed E-state index contributed by atoms with van der Waals surface area (Å²) in [4.78, 5) is 51.4. The molecule has 0 bridgehead atoms. The fourth-order valence-corrected chi connectivity index (χ4v) is 6.16. The molecule has 0 aliphatic carbocycles. The molecule has 0 radical (unpaired) electrons. The Hall–Kier alpha value is -4.33. The summed E-state index contributed by atoms with van der Waals surface area (Å²) >= 11 is 2.88. The third-order valence-corrected chi connectivity index (χ3v) is 9.05. The quantitative estimate of drug-likeness (QED) is 0.123. The fourth-order valence-electron chi connectivity index (χ4n) is 5.01. The Labute approximate surface area is 296 Å². The van der Waals surface area contributed by atoms with Crippen LogP contribution in [0.15, 0.2) is 84.1 Å². The van der Waals surface area contributed by atoms with Crippen molar-refractivity contribution in [3.8, 4) is 0 Å². The number of hydrogen-bond acceptors (Lipinski definition) is 9. The number of ether oxygens (including phenoxy) is 2. The van der Waals surface area contributed by atoms with Crippen LogP contribution >= 0.6 is 22.7 Å². The molecule has 0 saturated carbocycles. The number of carbonyl (C=O) groups excluding carboxylic acids is 3. The Kier molecular flexibility index (Phi) is 14.5. The second-order valence-electron chi connectivity index (χ2n) is 12.8. The van der Waals surface area contributed by atoms with E-state index in [9.17, 15) is 14.4 Å². The first-order valence-corrected chi connectivity index (χ1v) is 18.0. The Morgan fingerprint density at radius 2 is 1.35 bits per heavy atom. The standard InChI is InChI=1S/C36H46N6O5S2/c1-36(2,3)47-23-32(41-34(44)42(4)21-30-19-37-24-48-30)33(43)39-28(17-26-11-7-5-8-12-26)15-16-29(18-27-13-9-6-10-14-27)40-35(45)46-22-31-20-38-25-49-31/h5-14,19-20,24-25,28-29,32H,15-18,21-23H2,1-4H3,(H,39,43)(H,40,45)(H,41,44)/t28-,29-,32+/m1/s1. The van der Waals surface area contributed by atoms with Gasteiger partial charge in [-0.25, -0.2) is 9.59 Å². The topological polar surface area (TPSA) is 135 Å². The van der Waals surface area contributed by atoms with Crippen molar-refractivity contribution in [2.75, 3.05) is 13.7 Å². The lowest BCUT2D eigenvalue weighted by Crippen LogP contribution is -2.55. The molecule has 0 spiro atoms. The van der Waals surface area contributed by atoms with Crippen molar-refractivity contribution in [3.63, 3.8) is 0 Å². The average Bonchev–Trinajstić information content (AvgIpc) is 3.80. The smallest absolute Gasteiger partial charge is 0.407 e. The molecule has 11 nitrogen and oxygen atoms in total. The van der Waals surface area contributed by atoms with Gasteiger partial charge in [-0.05, 0) is 57.6 Å². The van der Waals surface area contributed by atoms with Crippen LogP contribution in [0.3, 0.4) is 0 Å². The number of benzene rings is 2. The van der Waals surface area contributed by atoms with Crippen molar-refractivity contribution in [2.45, 2.75) is 83.3 Å². The molecular weight excluding hydrogens is 661 g/mol. The summed E-state index contributed by atoms with van der Waals surface area (Å²) in [5.74, 6) is -0.346. The van der Waals surface area contributed by atoms with E-state index < -0.39 is 23.8 Å². The highest BCUT2D eigenvalue weighted by Crippen LogP contribution is 2.15. The maximum Gasteiger partial charge on any atom is 0.407 e. The second-order valence-corrected chi connectivity index (χ2v) is 14.7. The summed E-state index contributed by atoms with van der Waals surface area (Å²) in [6.07, 6.45) is 5.16. The zero-order valence-electron chi connectivity index (χ0n) is 28.5. The van der Waals surface area contributed by atoms with E-state index in [1.807, 2.05) is 81.4 Å². The van der Waals surface area contributed by atoms with Gasteiger partial charge in [-0.15, -0.1) is 22.7 Å². The number of thiazole rings is 2. The normalized spacial score (nSPS) is 13.1. The van der Waals surface area contributed by atoms with Gasteiger partial charge < -0.3 is 30.3 Å². The van der Waals surface area contributed by atoms with Crippen LogP contribution in [0.2, 0.25) is 0 Å². The first-order valence-electron chi connectivity index (χ1n) is 16.3. The van der Waals surface area contributed by atoms with E-state index in [2.05, 4.69) is 25.9 Å². The highest BCUT2D eigenvalue weighted by molar-refractivity contribution is 7.09. The number of aromatic nitrogens is 2.